The van der Waals surface area contributed by atoms with E-state index in [-0.39, 0.29) is 44.2 Å². The first-order chi connectivity index (χ1) is 28.5. The SMILES string of the molecule is CCCCCCCCCCCCCCCC=CC(=O)N(O)CCCCC(NC(=O)C1COC(c2ccccc2O)=N1)C(=O)OC(C)CC(=O)NC1CCCCN(O)C1=O. The fourth-order valence-corrected chi connectivity index (χ4v) is 7.09. The number of carbonyl (C=O) groups is 5. The van der Waals surface area contributed by atoms with Crippen molar-refractivity contribution < 1.29 is 49.0 Å². The molecule has 1 aromatic rings. The van der Waals surface area contributed by atoms with Gasteiger partial charge in [-0.2, -0.15) is 0 Å². The third kappa shape index (κ3) is 19.0. The van der Waals surface area contributed by atoms with Gasteiger partial charge < -0.3 is 25.2 Å². The van der Waals surface area contributed by atoms with Crippen LogP contribution < -0.4 is 10.6 Å². The van der Waals surface area contributed by atoms with Gasteiger partial charge in [-0.3, -0.25) is 29.6 Å². The molecule has 0 aliphatic carbocycles. The van der Waals surface area contributed by atoms with Gasteiger partial charge in [0.1, 0.15) is 30.5 Å². The molecule has 0 radical (unpaired) electrons. The molecule has 1 fully saturated rings. The number of rotatable bonds is 28. The Kier molecular flexibility index (Phi) is 23.2. The van der Waals surface area contributed by atoms with Gasteiger partial charge in [-0.25, -0.2) is 19.9 Å². The molecule has 0 bridgehead atoms. The van der Waals surface area contributed by atoms with Crippen LogP contribution in [0.3, 0.4) is 0 Å². The highest BCUT2D eigenvalue weighted by Gasteiger charge is 2.33. The molecular weight excluding hydrogens is 759 g/mol. The second-order valence-corrected chi connectivity index (χ2v) is 15.8. The smallest absolute Gasteiger partial charge is 0.328 e. The van der Waals surface area contributed by atoms with Crippen molar-refractivity contribution in [2.45, 2.75) is 173 Å². The number of carbonyl (C=O) groups excluding carboxylic acids is 5. The molecular formula is C44H69N5O10. The van der Waals surface area contributed by atoms with Crippen LogP contribution in [0.15, 0.2) is 41.4 Å². The summed E-state index contributed by atoms with van der Waals surface area (Å²) in [4.78, 5) is 68.7. The summed E-state index contributed by atoms with van der Waals surface area (Å²) in [6, 6.07) is 3.34. The Labute approximate surface area is 349 Å². The number of phenols is 1. The molecule has 1 aromatic carbocycles. The molecule has 1 saturated heterocycles. The van der Waals surface area contributed by atoms with Crippen molar-refractivity contribution in [1.29, 1.82) is 0 Å². The fraction of sp³-hybridized carbons (Fsp3) is 0.682. The van der Waals surface area contributed by atoms with Crippen LogP contribution in [0.1, 0.15) is 154 Å². The van der Waals surface area contributed by atoms with Crippen molar-refractivity contribution >= 4 is 35.5 Å². The second-order valence-electron chi connectivity index (χ2n) is 15.8. The molecule has 4 unspecified atom stereocenters. The summed E-state index contributed by atoms with van der Waals surface area (Å²) >= 11 is 0. The summed E-state index contributed by atoms with van der Waals surface area (Å²) in [5.74, 6) is -3.07. The van der Waals surface area contributed by atoms with Crippen LogP contribution in [0.5, 0.6) is 5.75 Å². The van der Waals surface area contributed by atoms with Crippen molar-refractivity contribution in [3.05, 3.63) is 42.0 Å². The number of hydrogen-bond donors (Lipinski definition) is 5. The molecule has 0 aromatic heterocycles. The summed E-state index contributed by atoms with van der Waals surface area (Å²) < 4.78 is 11.1. The number of para-hydroxylation sites is 1. The maximum atomic E-state index is 13.4. The second kappa shape index (κ2) is 28.1. The number of aliphatic imine (C=N–C) groups is 1. The first kappa shape index (κ1) is 48.9. The van der Waals surface area contributed by atoms with E-state index in [0.717, 1.165) is 19.3 Å². The molecule has 15 heteroatoms. The van der Waals surface area contributed by atoms with Gasteiger partial charge in [0.15, 0.2) is 6.04 Å². The number of allylic oxidation sites excluding steroid dienone is 1. The summed E-state index contributed by atoms with van der Waals surface area (Å²) in [7, 11) is 0. The van der Waals surface area contributed by atoms with Gasteiger partial charge in [-0.05, 0) is 70.4 Å². The predicted octanol–water partition coefficient (Wildman–Crippen LogP) is 6.66. The lowest BCUT2D eigenvalue weighted by atomic mass is 10.0. The van der Waals surface area contributed by atoms with E-state index in [1.807, 2.05) is 0 Å². The average molecular weight is 828 g/mol. The van der Waals surface area contributed by atoms with Crippen molar-refractivity contribution in [2.24, 2.45) is 4.99 Å². The fourth-order valence-electron chi connectivity index (χ4n) is 7.09. The van der Waals surface area contributed by atoms with Gasteiger partial charge in [0, 0.05) is 19.2 Å². The van der Waals surface area contributed by atoms with E-state index in [0.29, 0.717) is 47.8 Å². The lowest BCUT2D eigenvalue weighted by molar-refractivity contribution is -0.167. The zero-order chi connectivity index (χ0) is 42.8. The maximum Gasteiger partial charge on any atom is 0.328 e. The number of aromatic hydroxyl groups is 1. The largest absolute Gasteiger partial charge is 0.507 e. The van der Waals surface area contributed by atoms with E-state index in [9.17, 15) is 39.5 Å². The monoisotopic (exact) mass is 828 g/mol. The first-order valence-corrected chi connectivity index (χ1v) is 22.0. The van der Waals surface area contributed by atoms with Crippen molar-refractivity contribution in [1.82, 2.24) is 20.8 Å². The Morgan fingerprint density at radius 3 is 2.31 bits per heavy atom. The van der Waals surface area contributed by atoms with Gasteiger partial charge in [0.2, 0.25) is 17.7 Å². The third-order valence-corrected chi connectivity index (χ3v) is 10.6. The molecule has 15 nitrogen and oxygen atoms in total. The summed E-state index contributed by atoms with van der Waals surface area (Å²) in [5.41, 5.74) is 0.320. The Bertz CT molecular complexity index is 1520. The average Bonchev–Trinajstić information content (AvgIpc) is 3.65. The third-order valence-electron chi connectivity index (χ3n) is 10.6. The van der Waals surface area contributed by atoms with E-state index in [1.54, 1.807) is 24.3 Å². The molecule has 0 saturated carbocycles. The van der Waals surface area contributed by atoms with Gasteiger partial charge in [0.05, 0.1) is 12.0 Å². The number of phenolic OH excluding ortho intramolecular Hbond substituents is 1. The van der Waals surface area contributed by atoms with Crippen LogP contribution in [0.4, 0.5) is 0 Å². The summed E-state index contributed by atoms with van der Waals surface area (Å²) in [5, 5.41) is 36.9. The number of hydrogen-bond acceptors (Lipinski definition) is 11. The molecule has 2 aliphatic heterocycles. The van der Waals surface area contributed by atoms with E-state index >= 15 is 0 Å². The highest BCUT2D eigenvalue weighted by atomic mass is 16.5. The van der Waals surface area contributed by atoms with E-state index in [4.69, 9.17) is 9.47 Å². The minimum Gasteiger partial charge on any atom is -0.507 e. The predicted molar refractivity (Wildman–Crippen MR) is 223 cm³/mol. The van der Waals surface area contributed by atoms with Gasteiger partial charge >= 0.3 is 5.97 Å². The zero-order valence-electron chi connectivity index (χ0n) is 35.3. The summed E-state index contributed by atoms with van der Waals surface area (Å²) in [6.07, 6.45) is 21.5. The molecule has 59 heavy (non-hydrogen) atoms. The topological polar surface area (TPSA) is 207 Å². The number of ether oxygens (including phenoxy) is 2. The maximum absolute atomic E-state index is 13.4. The Morgan fingerprint density at radius 1 is 0.966 bits per heavy atom. The van der Waals surface area contributed by atoms with E-state index in [1.165, 1.54) is 89.7 Å². The number of amides is 4. The van der Waals surface area contributed by atoms with Crippen LogP contribution in [0.2, 0.25) is 0 Å². The molecule has 0 spiro atoms. The van der Waals surface area contributed by atoms with Gasteiger partial charge in [0.25, 0.3) is 11.8 Å². The standard InChI is InChI=1S/C44H69N5O10/c1-3-4-5-6-7-8-9-10-11-12-13-14-15-16-17-28-40(52)48(56)29-22-21-26-36(46-41(53)37-32-58-42(47-37)34-24-18-19-27-38(34)50)44(55)59-33(2)31-39(51)45-35-25-20-23-30-49(57)43(35)54/h17-19,24,27-28,33,35-37,50,56-57H,3-16,20-23,25-26,29-32H2,1-2H3,(H,45,51)(H,46,53). The van der Waals surface area contributed by atoms with Crippen molar-refractivity contribution in [3.8, 4) is 5.75 Å². The highest BCUT2D eigenvalue weighted by molar-refractivity contribution is 6.00. The number of hydroxylamine groups is 4. The van der Waals surface area contributed by atoms with Crippen LogP contribution in [0, 0.1) is 0 Å². The Hall–Kier alpha value is -4.50. The minimum atomic E-state index is -1.16. The van der Waals surface area contributed by atoms with E-state index < -0.39 is 53.8 Å². The molecule has 2 heterocycles. The Balaban J connectivity index is 1.43. The van der Waals surface area contributed by atoms with Crippen LogP contribution in [0.25, 0.3) is 0 Å². The normalized spacial score (nSPS) is 17.8. The number of nitrogens with zero attached hydrogens (tertiary/aromatic N) is 3. The molecule has 4 amide bonds. The number of benzene rings is 1. The van der Waals surface area contributed by atoms with Gasteiger partial charge in [-0.15, -0.1) is 0 Å². The first-order valence-electron chi connectivity index (χ1n) is 22.0. The van der Waals surface area contributed by atoms with Crippen LogP contribution in [-0.2, 0) is 33.4 Å². The lowest BCUT2D eigenvalue weighted by Crippen LogP contribution is -2.48. The highest BCUT2D eigenvalue weighted by Crippen LogP contribution is 2.21. The quantitative estimate of drug-likeness (QED) is 0.0200. The molecule has 4 atom stereocenters. The van der Waals surface area contributed by atoms with Crippen LogP contribution in [-0.4, -0.2) is 105 Å². The van der Waals surface area contributed by atoms with Crippen molar-refractivity contribution in [2.75, 3.05) is 19.7 Å². The number of nitrogens with one attached hydrogen (secondary N) is 2. The summed E-state index contributed by atoms with van der Waals surface area (Å²) in [6.45, 7) is 3.83. The van der Waals surface area contributed by atoms with Gasteiger partial charge in [-0.1, -0.05) is 102 Å². The van der Waals surface area contributed by atoms with E-state index in [2.05, 4.69) is 22.5 Å². The molecule has 330 valence electrons. The Morgan fingerprint density at radius 2 is 1.63 bits per heavy atom. The zero-order valence-corrected chi connectivity index (χ0v) is 35.3. The lowest BCUT2D eigenvalue weighted by Gasteiger charge is -2.23. The number of unbranched alkanes of at least 4 members (excludes halogenated alkanes) is 14. The van der Waals surface area contributed by atoms with Crippen LogP contribution >= 0.6 is 0 Å². The minimum absolute atomic E-state index is 0.00401. The molecule has 5 N–H and O–H groups in total. The molecule has 3 rings (SSSR count). The molecule has 2 aliphatic rings. The van der Waals surface area contributed by atoms with Crippen molar-refractivity contribution in [3.63, 3.8) is 0 Å². The number of esters is 1.